The molecule has 2 aliphatic heterocycles. The maximum absolute atomic E-state index is 12.6. The second-order valence-electron chi connectivity index (χ2n) is 6.68. The van der Waals surface area contributed by atoms with Crippen LogP contribution in [0.4, 0.5) is 0 Å². The van der Waals surface area contributed by atoms with Gasteiger partial charge >= 0.3 is 5.97 Å². The molecule has 6 heteroatoms. The lowest BCUT2D eigenvalue weighted by atomic mass is 9.77. The smallest absolute Gasteiger partial charge is 0.326 e. The molecule has 1 amide bonds. The molecule has 3 N–H and O–H groups in total. The van der Waals surface area contributed by atoms with E-state index in [1.807, 2.05) is 0 Å². The van der Waals surface area contributed by atoms with Crippen LogP contribution in [0.25, 0.3) is 0 Å². The molecule has 0 aromatic heterocycles. The number of nitrogens with zero attached hydrogens (tertiary/aromatic N) is 1. The second-order valence-corrected chi connectivity index (χ2v) is 6.68. The van der Waals surface area contributed by atoms with Gasteiger partial charge in [0.2, 0.25) is 5.91 Å². The van der Waals surface area contributed by atoms with Gasteiger partial charge in [-0.2, -0.15) is 0 Å². The van der Waals surface area contributed by atoms with Crippen LogP contribution in [0.3, 0.4) is 0 Å². The first-order valence-electron chi connectivity index (χ1n) is 8.03. The highest BCUT2D eigenvalue weighted by Crippen LogP contribution is 2.33. The van der Waals surface area contributed by atoms with Crippen molar-refractivity contribution >= 4 is 11.9 Å². The van der Waals surface area contributed by atoms with E-state index < -0.39 is 18.1 Å². The van der Waals surface area contributed by atoms with Crippen LogP contribution in [0.1, 0.15) is 44.9 Å². The number of nitrogens with one attached hydrogen (secondary N) is 1. The van der Waals surface area contributed by atoms with Crippen LogP contribution >= 0.6 is 0 Å². The summed E-state index contributed by atoms with van der Waals surface area (Å²) in [7, 11) is 0. The van der Waals surface area contributed by atoms with Crippen LogP contribution in [0.2, 0.25) is 0 Å². The van der Waals surface area contributed by atoms with E-state index in [9.17, 15) is 19.8 Å². The quantitative estimate of drug-likeness (QED) is 0.684. The molecule has 21 heavy (non-hydrogen) atoms. The van der Waals surface area contributed by atoms with E-state index in [0.29, 0.717) is 12.0 Å². The number of amides is 1. The number of carboxylic acid groups (broad SMARTS) is 1. The number of hydrogen-bond acceptors (Lipinski definition) is 4. The summed E-state index contributed by atoms with van der Waals surface area (Å²) >= 11 is 0. The van der Waals surface area contributed by atoms with Crippen LogP contribution in [-0.4, -0.2) is 57.8 Å². The Balaban J connectivity index is 1.66. The van der Waals surface area contributed by atoms with E-state index in [4.69, 9.17) is 0 Å². The van der Waals surface area contributed by atoms with Crippen LogP contribution < -0.4 is 5.32 Å². The molecule has 3 unspecified atom stereocenters. The first-order chi connectivity index (χ1) is 10.1. The molecule has 1 aliphatic carbocycles. The minimum absolute atomic E-state index is 0.139. The summed E-state index contributed by atoms with van der Waals surface area (Å²) in [5, 5.41) is 22.3. The Morgan fingerprint density at radius 3 is 2.62 bits per heavy atom. The number of aliphatic hydroxyl groups excluding tert-OH is 1. The first kappa shape index (κ1) is 14.8. The highest BCUT2D eigenvalue weighted by atomic mass is 16.4. The molecule has 0 aromatic rings. The van der Waals surface area contributed by atoms with Gasteiger partial charge in [0.25, 0.3) is 0 Å². The Hall–Kier alpha value is -1.14. The predicted octanol–water partition coefficient (Wildman–Crippen LogP) is 0.344. The molecule has 2 saturated heterocycles. The van der Waals surface area contributed by atoms with Crippen molar-refractivity contribution in [1.82, 2.24) is 10.2 Å². The molecule has 5 atom stereocenters. The first-order valence-corrected chi connectivity index (χ1v) is 8.03. The number of carboxylic acids is 1. The molecule has 0 spiro atoms. The summed E-state index contributed by atoms with van der Waals surface area (Å²) in [5.41, 5.74) is 0. The van der Waals surface area contributed by atoms with Crippen LogP contribution in [0.15, 0.2) is 0 Å². The number of aliphatic carboxylic acids is 1. The second kappa shape index (κ2) is 5.93. The highest BCUT2D eigenvalue weighted by Gasteiger charge is 2.43. The number of likely N-dealkylation sites (tertiary alicyclic amines) is 1. The standard InChI is InChI=1S/C15H24N2O4/c18-10-7-13(15(20)21)17(8-10)14(19)12-6-5-9-3-1-2-4-11(9)16-12/h9-13,16,18H,1-8H2,(H,20,21)/t9?,10-,11?,12?,13+/m1/s1. The van der Waals surface area contributed by atoms with Crippen molar-refractivity contribution < 1.29 is 19.8 Å². The van der Waals surface area contributed by atoms with Gasteiger partial charge in [0.15, 0.2) is 0 Å². The van der Waals surface area contributed by atoms with E-state index in [-0.39, 0.29) is 24.9 Å². The minimum atomic E-state index is -1.02. The number of carbonyl (C=O) groups excluding carboxylic acids is 1. The van der Waals surface area contributed by atoms with E-state index in [1.165, 1.54) is 24.2 Å². The number of β-amino-alcohol motifs (C(OH)–C–C–N with tert-alkyl or cyclic N) is 1. The maximum atomic E-state index is 12.6. The Morgan fingerprint density at radius 1 is 1.10 bits per heavy atom. The van der Waals surface area contributed by atoms with Crippen molar-refractivity contribution in [2.45, 2.75) is 69.2 Å². The topological polar surface area (TPSA) is 89.9 Å². The molecule has 6 nitrogen and oxygen atoms in total. The fourth-order valence-corrected chi connectivity index (χ4v) is 4.18. The maximum Gasteiger partial charge on any atom is 0.326 e. The Kier molecular flexibility index (Phi) is 4.17. The van der Waals surface area contributed by atoms with Crippen molar-refractivity contribution in [3.63, 3.8) is 0 Å². The molecule has 3 fully saturated rings. The monoisotopic (exact) mass is 296 g/mol. The van der Waals surface area contributed by atoms with Gasteiger partial charge in [-0.1, -0.05) is 12.8 Å². The SMILES string of the molecule is O=C(O)[C@@H]1C[C@@H](O)CN1C(=O)C1CCC2CCCCC2N1. The van der Waals surface area contributed by atoms with Crippen molar-refractivity contribution in [1.29, 1.82) is 0 Å². The molecule has 3 rings (SSSR count). The highest BCUT2D eigenvalue weighted by molar-refractivity contribution is 5.87. The molecular weight excluding hydrogens is 272 g/mol. The number of hydrogen-bond donors (Lipinski definition) is 3. The van der Waals surface area contributed by atoms with Crippen LogP contribution in [-0.2, 0) is 9.59 Å². The average molecular weight is 296 g/mol. The normalized spacial score (nSPS) is 39.9. The lowest BCUT2D eigenvalue weighted by Gasteiger charge is -2.41. The summed E-state index contributed by atoms with van der Waals surface area (Å²) in [6.45, 7) is 0.141. The van der Waals surface area contributed by atoms with Gasteiger partial charge in [-0.15, -0.1) is 0 Å². The summed E-state index contributed by atoms with van der Waals surface area (Å²) in [6, 6.07) is -0.757. The number of piperidine rings is 1. The van der Waals surface area contributed by atoms with Crippen LogP contribution in [0.5, 0.6) is 0 Å². The number of carbonyl (C=O) groups is 2. The zero-order valence-electron chi connectivity index (χ0n) is 12.2. The molecular formula is C15H24N2O4. The Bertz CT molecular complexity index is 428. The molecule has 2 heterocycles. The van der Waals surface area contributed by atoms with Gasteiger partial charge in [-0.3, -0.25) is 4.79 Å². The average Bonchev–Trinajstić information content (AvgIpc) is 2.88. The molecule has 0 radical (unpaired) electrons. The third-order valence-corrected chi connectivity index (χ3v) is 5.30. The summed E-state index contributed by atoms with van der Waals surface area (Å²) in [4.78, 5) is 25.2. The van der Waals surface area contributed by atoms with E-state index in [1.54, 1.807) is 0 Å². The van der Waals surface area contributed by atoms with E-state index in [0.717, 1.165) is 19.3 Å². The van der Waals surface area contributed by atoms with Gasteiger partial charge < -0.3 is 20.4 Å². The zero-order valence-corrected chi connectivity index (χ0v) is 12.2. The van der Waals surface area contributed by atoms with Gasteiger partial charge in [-0.05, 0) is 31.6 Å². The van der Waals surface area contributed by atoms with E-state index >= 15 is 0 Å². The number of aliphatic hydroxyl groups is 1. The van der Waals surface area contributed by atoms with E-state index in [2.05, 4.69) is 5.32 Å². The molecule has 118 valence electrons. The molecule has 0 bridgehead atoms. The lowest BCUT2D eigenvalue weighted by molar-refractivity contribution is -0.149. The molecule has 3 aliphatic rings. The fraction of sp³-hybridized carbons (Fsp3) is 0.867. The van der Waals surface area contributed by atoms with Crippen molar-refractivity contribution in [2.24, 2.45) is 5.92 Å². The lowest BCUT2D eigenvalue weighted by Crippen LogP contribution is -2.57. The summed E-state index contributed by atoms with van der Waals surface area (Å²) < 4.78 is 0. The summed E-state index contributed by atoms with van der Waals surface area (Å²) in [5.74, 6) is -0.503. The molecule has 0 aromatic carbocycles. The fourth-order valence-electron chi connectivity index (χ4n) is 4.18. The third kappa shape index (κ3) is 2.92. The van der Waals surface area contributed by atoms with Gasteiger partial charge in [-0.25, -0.2) is 4.79 Å². The van der Waals surface area contributed by atoms with Crippen molar-refractivity contribution in [2.75, 3.05) is 6.54 Å². The minimum Gasteiger partial charge on any atom is -0.480 e. The van der Waals surface area contributed by atoms with Crippen LogP contribution in [0, 0.1) is 5.92 Å². The van der Waals surface area contributed by atoms with Gasteiger partial charge in [0.05, 0.1) is 12.1 Å². The van der Waals surface area contributed by atoms with Gasteiger partial charge in [0.1, 0.15) is 6.04 Å². The summed E-state index contributed by atoms with van der Waals surface area (Å²) in [6.07, 6.45) is 6.07. The van der Waals surface area contributed by atoms with Crippen molar-refractivity contribution in [3.05, 3.63) is 0 Å². The van der Waals surface area contributed by atoms with Gasteiger partial charge in [0, 0.05) is 19.0 Å². The largest absolute Gasteiger partial charge is 0.480 e. The predicted molar refractivity (Wildman–Crippen MR) is 75.7 cm³/mol. The van der Waals surface area contributed by atoms with Crippen molar-refractivity contribution in [3.8, 4) is 0 Å². The Labute approximate surface area is 124 Å². The third-order valence-electron chi connectivity index (χ3n) is 5.30. The zero-order chi connectivity index (χ0) is 15.0. The number of rotatable bonds is 2. The molecule has 1 saturated carbocycles. The number of fused-ring (bicyclic) bond motifs is 1. The Morgan fingerprint density at radius 2 is 1.86 bits per heavy atom.